The van der Waals surface area contributed by atoms with Gasteiger partial charge in [-0.15, -0.1) is 0 Å². The summed E-state index contributed by atoms with van der Waals surface area (Å²) >= 11 is 0. The minimum absolute atomic E-state index is 0.143. The molecule has 0 saturated heterocycles. The molecule has 3 atom stereocenters. The molecule has 3 heteroatoms. The molecule has 15 heavy (non-hydrogen) atoms. The number of carboxylic acid groups (broad SMARTS) is 1. The van der Waals surface area contributed by atoms with E-state index in [0.29, 0.717) is 17.8 Å². The van der Waals surface area contributed by atoms with Gasteiger partial charge >= 0.3 is 5.97 Å². The summed E-state index contributed by atoms with van der Waals surface area (Å²) in [5.74, 6) is 0.909. The van der Waals surface area contributed by atoms with E-state index < -0.39 is 5.97 Å². The predicted octanol–water partition coefficient (Wildman–Crippen LogP) is 2.55. The molecular formula is C12H22O3. The Labute approximate surface area is 91.8 Å². The number of aliphatic carboxylic acids is 1. The van der Waals surface area contributed by atoms with Crippen LogP contribution in [0.5, 0.6) is 0 Å². The van der Waals surface area contributed by atoms with Gasteiger partial charge in [-0.25, -0.2) is 4.79 Å². The van der Waals surface area contributed by atoms with Gasteiger partial charge in [-0.3, -0.25) is 0 Å². The second-order valence-corrected chi connectivity index (χ2v) is 5.07. The maximum atomic E-state index is 10.5. The van der Waals surface area contributed by atoms with Crippen LogP contribution in [-0.2, 0) is 9.53 Å². The van der Waals surface area contributed by atoms with Crippen LogP contribution in [0.3, 0.4) is 0 Å². The van der Waals surface area contributed by atoms with E-state index in [1.807, 2.05) is 0 Å². The van der Waals surface area contributed by atoms with Gasteiger partial charge in [0.25, 0.3) is 0 Å². The summed E-state index contributed by atoms with van der Waals surface area (Å²) < 4.78 is 5.49. The second-order valence-electron chi connectivity index (χ2n) is 5.07. The van der Waals surface area contributed by atoms with E-state index in [1.165, 1.54) is 12.8 Å². The molecule has 0 spiro atoms. The third-order valence-electron chi connectivity index (χ3n) is 3.38. The molecule has 0 aromatic carbocycles. The summed E-state index contributed by atoms with van der Waals surface area (Å²) in [6.07, 6.45) is 3.57. The SMILES string of the molecule is CC(C)C1CC[C@H](C)C[C@H]1OCC(=O)O. The van der Waals surface area contributed by atoms with Crippen molar-refractivity contribution in [2.45, 2.75) is 46.1 Å². The van der Waals surface area contributed by atoms with Crippen molar-refractivity contribution < 1.29 is 14.6 Å². The molecular weight excluding hydrogens is 192 g/mol. The molecule has 0 aromatic heterocycles. The Morgan fingerprint density at radius 2 is 2.13 bits per heavy atom. The number of hydrogen-bond donors (Lipinski definition) is 1. The first-order chi connectivity index (χ1) is 7.00. The molecule has 0 aliphatic heterocycles. The maximum Gasteiger partial charge on any atom is 0.329 e. The van der Waals surface area contributed by atoms with Gasteiger partial charge in [0.05, 0.1) is 6.10 Å². The number of carboxylic acids is 1. The van der Waals surface area contributed by atoms with Gasteiger partial charge in [-0.05, 0) is 30.6 Å². The summed E-state index contributed by atoms with van der Waals surface area (Å²) in [5, 5.41) is 8.61. The predicted molar refractivity (Wildman–Crippen MR) is 58.7 cm³/mol. The van der Waals surface area contributed by atoms with Crippen LogP contribution in [0.4, 0.5) is 0 Å². The zero-order valence-electron chi connectivity index (χ0n) is 9.90. The van der Waals surface area contributed by atoms with Crippen LogP contribution < -0.4 is 0 Å². The van der Waals surface area contributed by atoms with E-state index in [1.54, 1.807) is 0 Å². The summed E-state index contributed by atoms with van der Waals surface area (Å²) in [6.45, 7) is 6.45. The topological polar surface area (TPSA) is 46.5 Å². The standard InChI is InChI=1S/C12H22O3/c1-8(2)10-5-4-9(3)6-11(10)15-7-12(13)14/h8-11H,4-7H2,1-3H3,(H,13,14)/t9-,10?,11+/m0/s1. The largest absolute Gasteiger partial charge is 0.480 e. The fourth-order valence-corrected chi connectivity index (χ4v) is 2.48. The highest BCUT2D eigenvalue weighted by Crippen LogP contribution is 2.35. The second kappa shape index (κ2) is 5.50. The van der Waals surface area contributed by atoms with Gasteiger partial charge in [-0.2, -0.15) is 0 Å². The van der Waals surface area contributed by atoms with E-state index in [-0.39, 0.29) is 12.7 Å². The Balaban J connectivity index is 2.50. The molecule has 1 fully saturated rings. The number of carbonyl (C=O) groups is 1. The average molecular weight is 214 g/mol. The van der Waals surface area contributed by atoms with Crippen molar-refractivity contribution in [2.24, 2.45) is 17.8 Å². The van der Waals surface area contributed by atoms with Crippen LogP contribution in [-0.4, -0.2) is 23.8 Å². The fourth-order valence-electron chi connectivity index (χ4n) is 2.48. The normalized spacial score (nSPS) is 31.9. The van der Waals surface area contributed by atoms with Gasteiger partial charge in [0.1, 0.15) is 6.61 Å². The van der Waals surface area contributed by atoms with Crippen LogP contribution in [0.15, 0.2) is 0 Å². The molecule has 1 N–H and O–H groups in total. The first-order valence-electron chi connectivity index (χ1n) is 5.84. The zero-order valence-corrected chi connectivity index (χ0v) is 9.90. The average Bonchev–Trinajstić information content (AvgIpc) is 2.14. The Kier molecular flexibility index (Phi) is 4.58. The quantitative estimate of drug-likeness (QED) is 0.782. The van der Waals surface area contributed by atoms with Crippen molar-refractivity contribution >= 4 is 5.97 Å². The molecule has 0 aromatic rings. The fraction of sp³-hybridized carbons (Fsp3) is 0.917. The highest BCUT2D eigenvalue weighted by molar-refractivity contribution is 5.68. The minimum Gasteiger partial charge on any atom is -0.480 e. The molecule has 0 amide bonds. The highest BCUT2D eigenvalue weighted by atomic mass is 16.5. The van der Waals surface area contributed by atoms with Gasteiger partial charge in [0.2, 0.25) is 0 Å². The van der Waals surface area contributed by atoms with Crippen LogP contribution in [0.25, 0.3) is 0 Å². The molecule has 1 unspecified atom stereocenters. The third-order valence-corrected chi connectivity index (χ3v) is 3.38. The molecule has 1 aliphatic rings. The number of hydrogen-bond acceptors (Lipinski definition) is 2. The number of ether oxygens (including phenoxy) is 1. The van der Waals surface area contributed by atoms with E-state index in [4.69, 9.17) is 9.84 Å². The molecule has 3 nitrogen and oxygen atoms in total. The van der Waals surface area contributed by atoms with Gasteiger partial charge in [0.15, 0.2) is 0 Å². The summed E-state index contributed by atoms with van der Waals surface area (Å²) in [7, 11) is 0. The minimum atomic E-state index is -0.865. The van der Waals surface area contributed by atoms with E-state index >= 15 is 0 Å². The van der Waals surface area contributed by atoms with Gasteiger partial charge < -0.3 is 9.84 Å². The lowest BCUT2D eigenvalue weighted by Crippen LogP contribution is -2.35. The van der Waals surface area contributed by atoms with Crippen molar-refractivity contribution in [1.29, 1.82) is 0 Å². The lowest BCUT2D eigenvalue weighted by Gasteiger charge is -2.36. The summed E-state index contributed by atoms with van der Waals surface area (Å²) in [4.78, 5) is 10.5. The summed E-state index contributed by atoms with van der Waals surface area (Å²) in [5.41, 5.74) is 0. The Morgan fingerprint density at radius 3 is 2.67 bits per heavy atom. The molecule has 1 rings (SSSR count). The maximum absolute atomic E-state index is 10.5. The molecule has 1 aliphatic carbocycles. The molecule has 1 saturated carbocycles. The van der Waals surface area contributed by atoms with Crippen LogP contribution >= 0.6 is 0 Å². The zero-order chi connectivity index (χ0) is 11.4. The van der Waals surface area contributed by atoms with E-state index in [9.17, 15) is 4.79 Å². The lowest BCUT2D eigenvalue weighted by molar-refractivity contribution is -0.147. The van der Waals surface area contributed by atoms with E-state index in [0.717, 1.165) is 6.42 Å². The first kappa shape index (κ1) is 12.5. The molecule has 0 radical (unpaired) electrons. The van der Waals surface area contributed by atoms with Crippen molar-refractivity contribution in [3.8, 4) is 0 Å². The smallest absolute Gasteiger partial charge is 0.329 e. The Morgan fingerprint density at radius 1 is 1.47 bits per heavy atom. The summed E-state index contributed by atoms with van der Waals surface area (Å²) in [6, 6.07) is 0. The Hall–Kier alpha value is -0.570. The third kappa shape index (κ3) is 3.82. The highest BCUT2D eigenvalue weighted by Gasteiger charge is 2.31. The van der Waals surface area contributed by atoms with Gasteiger partial charge in [0, 0.05) is 0 Å². The van der Waals surface area contributed by atoms with Crippen LogP contribution in [0.1, 0.15) is 40.0 Å². The molecule has 0 heterocycles. The monoisotopic (exact) mass is 214 g/mol. The van der Waals surface area contributed by atoms with Crippen molar-refractivity contribution in [2.75, 3.05) is 6.61 Å². The van der Waals surface area contributed by atoms with Crippen molar-refractivity contribution in [3.05, 3.63) is 0 Å². The number of rotatable bonds is 4. The Bertz CT molecular complexity index is 213. The van der Waals surface area contributed by atoms with Crippen LogP contribution in [0.2, 0.25) is 0 Å². The first-order valence-corrected chi connectivity index (χ1v) is 5.84. The van der Waals surface area contributed by atoms with Crippen molar-refractivity contribution in [1.82, 2.24) is 0 Å². The van der Waals surface area contributed by atoms with Crippen LogP contribution in [0, 0.1) is 17.8 Å². The molecule has 88 valence electrons. The lowest BCUT2D eigenvalue weighted by atomic mass is 9.75. The van der Waals surface area contributed by atoms with Gasteiger partial charge in [-0.1, -0.05) is 27.2 Å². The van der Waals surface area contributed by atoms with E-state index in [2.05, 4.69) is 20.8 Å². The van der Waals surface area contributed by atoms with Crippen molar-refractivity contribution in [3.63, 3.8) is 0 Å². The molecule has 0 bridgehead atoms.